The lowest BCUT2D eigenvalue weighted by atomic mass is 10.2. The van der Waals surface area contributed by atoms with E-state index in [4.69, 9.17) is 9.47 Å². The van der Waals surface area contributed by atoms with E-state index >= 15 is 0 Å². The zero-order valence-corrected chi connectivity index (χ0v) is 17.5. The van der Waals surface area contributed by atoms with Crippen LogP contribution in [0.15, 0.2) is 46.0 Å². The molecule has 152 valence electrons. The Bertz CT molecular complexity index is 876. The maximum atomic E-state index is 12.6. The number of rotatable bonds is 8. The van der Waals surface area contributed by atoms with Gasteiger partial charge in [-0.2, -0.15) is 0 Å². The minimum atomic E-state index is -3.57. The average Bonchev–Trinajstić information content (AvgIpc) is 3.40. The summed E-state index contributed by atoms with van der Waals surface area (Å²) in [5, 5.41) is 1.73. The highest BCUT2D eigenvalue weighted by Crippen LogP contribution is 2.26. The molecule has 2 heterocycles. The Balaban J connectivity index is 1.55. The molecule has 2 aromatic rings. The van der Waals surface area contributed by atoms with Crippen LogP contribution in [0, 0.1) is 0 Å². The van der Waals surface area contributed by atoms with Crippen molar-refractivity contribution < 1.29 is 22.7 Å². The van der Waals surface area contributed by atoms with E-state index in [0.717, 1.165) is 19.4 Å². The molecular formula is C19H24N2O5S2. The predicted molar refractivity (Wildman–Crippen MR) is 108 cm³/mol. The van der Waals surface area contributed by atoms with E-state index in [1.807, 2.05) is 0 Å². The fourth-order valence-corrected chi connectivity index (χ4v) is 5.24. The number of anilines is 1. The molecule has 1 amide bonds. The van der Waals surface area contributed by atoms with E-state index in [1.165, 1.54) is 22.7 Å². The van der Waals surface area contributed by atoms with Crippen LogP contribution in [0.25, 0.3) is 0 Å². The van der Waals surface area contributed by atoms with Crippen molar-refractivity contribution in [3.63, 3.8) is 0 Å². The van der Waals surface area contributed by atoms with Crippen molar-refractivity contribution in [3.05, 3.63) is 41.8 Å². The van der Waals surface area contributed by atoms with Gasteiger partial charge < -0.3 is 14.4 Å². The van der Waals surface area contributed by atoms with Gasteiger partial charge in [-0.05, 0) is 48.6 Å². The maximum absolute atomic E-state index is 12.6. The van der Waals surface area contributed by atoms with Gasteiger partial charge in [-0.1, -0.05) is 6.07 Å². The van der Waals surface area contributed by atoms with Crippen molar-refractivity contribution in [2.24, 2.45) is 0 Å². The van der Waals surface area contributed by atoms with Gasteiger partial charge in [-0.3, -0.25) is 9.10 Å². The van der Waals surface area contributed by atoms with E-state index in [-0.39, 0.29) is 22.8 Å². The van der Waals surface area contributed by atoms with Gasteiger partial charge in [0.2, 0.25) is 0 Å². The van der Waals surface area contributed by atoms with E-state index in [2.05, 4.69) is 0 Å². The molecule has 1 aromatic heterocycles. The van der Waals surface area contributed by atoms with Crippen LogP contribution in [0.1, 0.15) is 12.8 Å². The number of carbonyl (C=O) groups is 1. The molecule has 28 heavy (non-hydrogen) atoms. The van der Waals surface area contributed by atoms with Crippen molar-refractivity contribution in [3.8, 4) is 5.75 Å². The lowest BCUT2D eigenvalue weighted by Gasteiger charge is -2.21. The summed E-state index contributed by atoms with van der Waals surface area (Å²) < 4.78 is 37.7. The van der Waals surface area contributed by atoms with Gasteiger partial charge in [-0.25, -0.2) is 8.42 Å². The highest BCUT2D eigenvalue weighted by molar-refractivity contribution is 7.94. The van der Waals surface area contributed by atoms with Crippen LogP contribution in [0.4, 0.5) is 5.69 Å². The van der Waals surface area contributed by atoms with Gasteiger partial charge in [0.15, 0.2) is 6.61 Å². The Hall–Kier alpha value is -2.10. The van der Waals surface area contributed by atoms with E-state index in [9.17, 15) is 13.2 Å². The highest BCUT2D eigenvalue weighted by atomic mass is 32.2. The first-order valence-corrected chi connectivity index (χ1v) is 11.3. The molecule has 3 rings (SSSR count). The predicted octanol–water partition coefficient (Wildman–Crippen LogP) is 2.59. The van der Waals surface area contributed by atoms with Crippen molar-refractivity contribution in [2.45, 2.75) is 23.2 Å². The molecule has 1 aliphatic rings. The topological polar surface area (TPSA) is 76.2 Å². The zero-order chi connectivity index (χ0) is 20.1. The fourth-order valence-electron chi connectivity index (χ4n) is 2.89. The SMILES string of the molecule is CN(CC1CCCO1)C(=O)COc1ccc(N(C)S(=O)(=O)c2cccs2)cc1. The lowest BCUT2D eigenvalue weighted by Crippen LogP contribution is -2.37. The Morgan fingerprint density at radius 2 is 2.00 bits per heavy atom. The van der Waals surface area contributed by atoms with Gasteiger partial charge in [-0.15, -0.1) is 11.3 Å². The molecule has 9 heteroatoms. The van der Waals surface area contributed by atoms with Crippen molar-refractivity contribution in [2.75, 3.05) is 38.2 Å². The number of ether oxygens (including phenoxy) is 2. The molecule has 1 fully saturated rings. The molecule has 1 atom stereocenters. The van der Waals surface area contributed by atoms with Crippen LogP contribution in [0.3, 0.4) is 0 Å². The largest absolute Gasteiger partial charge is 0.484 e. The lowest BCUT2D eigenvalue weighted by molar-refractivity contribution is -0.133. The maximum Gasteiger partial charge on any atom is 0.273 e. The first-order chi connectivity index (χ1) is 13.4. The van der Waals surface area contributed by atoms with Gasteiger partial charge in [0.25, 0.3) is 15.9 Å². The molecule has 0 saturated carbocycles. The minimum Gasteiger partial charge on any atom is -0.484 e. The summed E-state index contributed by atoms with van der Waals surface area (Å²) in [5.41, 5.74) is 0.516. The van der Waals surface area contributed by atoms with Crippen LogP contribution < -0.4 is 9.04 Å². The average molecular weight is 425 g/mol. The Morgan fingerprint density at radius 1 is 1.25 bits per heavy atom. The van der Waals surface area contributed by atoms with Gasteiger partial charge in [0, 0.05) is 27.2 Å². The van der Waals surface area contributed by atoms with Gasteiger partial charge in [0.1, 0.15) is 9.96 Å². The summed E-state index contributed by atoms with van der Waals surface area (Å²) in [7, 11) is -0.326. The van der Waals surface area contributed by atoms with Crippen molar-refractivity contribution >= 4 is 33.0 Å². The molecule has 0 spiro atoms. The second kappa shape index (κ2) is 8.93. The molecule has 1 aromatic carbocycles. The van der Waals surface area contributed by atoms with E-state index in [0.29, 0.717) is 18.0 Å². The second-order valence-corrected chi connectivity index (χ2v) is 9.74. The number of thiophene rings is 1. The molecule has 1 saturated heterocycles. The molecule has 1 aliphatic heterocycles. The van der Waals surface area contributed by atoms with Crippen LogP contribution in [0.5, 0.6) is 5.75 Å². The third kappa shape index (κ3) is 4.84. The van der Waals surface area contributed by atoms with Crippen molar-refractivity contribution in [1.82, 2.24) is 4.90 Å². The summed E-state index contributed by atoms with van der Waals surface area (Å²) >= 11 is 1.18. The van der Waals surface area contributed by atoms with Gasteiger partial charge >= 0.3 is 0 Å². The Morgan fingerprint density at radius 3 is 2.61 bits per heavy atom. The van der Waals surface area contributed by atoms with Crippen LogP contribution in [-0.4, -0.2) is 59.2 Å². The molecular weight excluding hydrogens is 400 g/mol. The normalized spacial score (nSPS) is 16.7. The summed E-state index contributed by atoms with van der Waals surface area (Å²) in [6.07, 6.45) is 2.11. The number of hydrogen-bond acceptors (Lipinski definition) is 6. The molecule has 0 bridgehead atoms. The second-order valence-electron chi connectivity index (χ2n) is 6.60. The summed E-state index contributed by atoms with van der Waals surface area (Å²) in [6.45, 7) is 1.24. The highest BCUT2D eigenvalue weighted by Gasteiger charge is 2.22. The zero-order valence-electron chi connectivity index (χ0n) is 15.9. The first kappa shape index (κ1) is 20.6. The van der Waals surface area contributed by atoms with E-state index in [1.54, 1.807) is 53.7 Å². The van der Waals surface area contributed by atoms with Crippen molar-refractivity contribution in [1.29, 1.82) is 0 Å². The quantitative estimate of drug-likeness (QED) is 0.651. The number of hydrogen-bond donors (Lipinski definition) is 0. The fraction of sp³-hybridized carbons (Fsp3) is 0.421. The minimum absolute atomic E-state index is 0.0775. The number of amides is 1. The molecule has 1 unspecified atom stereocenters. The molecule has 0 aliphatic carbocycles. The number of carbonyl (C=O) groups excluding carboxylic acids is 1. The Labute approximate surface area is 169 Å². The number of benzene rings is 1. The van der Waals surface area contributed by atoms with Crippen LogP contribution in [0.2, 0.25) is 0 Å². The monoisotopic (exact) mass is 424 g/mol. The number of nitrogens with zero attached hydrogens (tertiary/aromatic N) is 2. The molecule has 0 N–H and O–H groups in total. The number of sulfonamides is 1. The van der Waals surface area contributed by atoms with Crippen LogP contribution in [-0.2, 0) is 19.6 Å². The van der Waals surface area contributed by atoms with E-state index < -0.39 is 10.0 Å². The molecule has 7 nitrogen and oxygen atoms in total. The van der Waals surface area contributed by atoms with Gasteiger partial charge in [0.05, 0.1) is 11.8 Å². The third-order valence-corrected chi connectivity index (χ3v) is 7.76. The van der Waals surface area contributed by atoms with Crippen LogP contribution >= 0.6 is 11.3 Å². The third-order valence-electron chi connectivity index (χ3n) is 4.60. The Kier molecular flexibility index (Phi) is 6.58. The number of likely N-dealkylation sites (N-methyl/N-ethyl adjacent to an activating group) is 1. The standard InChI is InChI=1S/C19H24N2O5S2/c1-20(13-17-5-3-11-25-17)18(22)14-26-16-9-7-15(8-10-16)21(2)28(23,24)19-6-4-12-27-19/h4,6-10,12,17H,3,5,11,13-14H2,1-2H3. The summed E-state index contributed by atoms with van der Waals surface area (Å²) in [5.74, 6) is 0.376. The summed E-state index contributed by atoms with van der Waals surface area (Å²) in [4.78, 5) is 13.8. The first-order valence-electron chi connectivity index (χ1n) is 8.99. The summed E-state index contributed by atoms with van der Waals surface area (Å²) in [6, 6.07) is 9.90. The smallest absolute Gasteiger partial charge is 0.273 e. The molecule has 0 radical (unpaired) electrons.